The van der Waals surface area contributed by atoms with Crippen molar-refractivity contribution in [2.45, 2.75) is 352 Å². The van der Waals surface area contributed by atoms with E-state index >= 15 is 0 Å². The van der Waals surface area contributed by atoms with E-state index in [1.165, 1.54) is 148 Å². The van der Waals surface area contributed by atoms with Crippen LogP contribution in [-0.4, -0.2) is 99.6 Å². The fraction of sp³-hybridized carbons (Fsp3) is 0.760. The minimum absolute atomic E-state index is 0.114. The molecule has 8 unspecified atom stereocenters. The predicted octanol–water partition coefficient (Wildman–Crippen LogP) is 18.2. The fourth-order valence-corrected chi connectivity index (χ4v) is 10.6. The average Bonchev–Trinajstić information content (AvgIpc) is 2.65. The van der Waals surface area contributed by atoms with Gasteiger partial charge in [-0.15, -0.1) is 0 Å². The second-order valence-corrected chi connectivity index (χ2v) is 24.3. The van der Waals surface area contributed by atoms with Gasteiger partial charge in [0.2, 0.25) is 5.91 Å². The number of esters is 1. The number of hydrogen-bond donors (Lipinski definition) is 6. The van der Waals surface area contributed by atoms with E-state index in [0.717, 1.165) is 109 Å². The second-order valence-electron chi connectivity index (χ2n) is 24.3. The summed E-state index contributed by atoms with van der Waals surface area (Å²) in [5.74, 6) is -1.21. The lowest BCUT2D eigenvalue weighted by molar-refractivity contribution is -0.305. The first-order chi connectivity index (χ1) is 42.2. The Morgan fingerprint density at radius 1 is 0.453 bits per heavy atom. The normalized spacial score (nSPS) is 18.9. The number of carbonyl (C=O) groups is 2. The third kappa shape index (κ3) is 48.5. The van der Waals surface area contributed by atoms with Gasteiger partial charge in [0, 0.05) is 6.42 Å². The smallest absolute Gasteiger partial charge is 0.306 e. The van der Waals surface area contributed by atoms with Crippen molar-refractivity contribution in [1.82, 2.24) is 5.32 Å². The Morgan fingerprint density at radius 3 is 1.22 bits per heavy atom. The SMILES string of the molecule is CCCCC/C=C\C/C=C\C/C=C\C/C=C\CCCCCCCCCCCCCC(=O)OC1C(OCC(NC(=O)C(O)CCCCCCC/C=C\C/C=C\C/C=C\CCCCC)C(O)/C=C/CCCCCCCCCCCC)OC(CO)C(O)C1O. The van der Waals surface area contributed by atoms with Gasteiger partial charge in [0.25, 0.3) is 0 Å². The van der Waals surface area contributed by atoms with E-state index in [4.69, 9.17) is 14.2 Å². The molecule has 1 fully saturated rings. The van der Waals surface area contributed by atoms with Crippen LogP contribution in [0.2, 0.25) is 0 Å². The molecule has 0 radical (unpaired) electrons. The van der Waals surface area contributed by atoms with Crippen molar-refractivity contribution in [3.63, 3.8) is 0 Å². The lowest BCUT2D eigenvalue weighted by atomic mass is 9.99. The van der Waals surface area contributed by atoms with Gasteiger partial charge in [-0.05, 0) is 109 Å². The number of amides is 1. The molecule has 0 aromatic heterocycles. The summed E-state index contributed by atoms with van der Waals surface area (Å²) in [7, 11) is 0. The van der Waals surface area contributed by atoms with Crippen molar-refractivity contribution in [2.75, 3.05) is 13.2 Å². The van der Waals surface area contributed by atoms with Crippen LogP contribution in [0, 0.1) is 0 Å². The van der Waals surface area contributed by atoms with Crippen LogP contribution in [-0.2, 0) is 23.8 Å². The van der Waals surface area contributed by atoms with Crippen molar-refractivity contribution < 1.29 is 49.3 Å². The summed E-state index contributed by atoms with van der Waals surface area (Å²) in [6, 6.07) is -1.04. The molecule has 1 saturated heterocycles. The quantitative estimate of drug-likeness (QED) is 0.0195. The first-order valence-corrected chi connectivity index (χ1v) is 35.5. The third-order valence-electron chi connectivity index (χ3n) is 16.2. The van der Waals surface area contributed by atoms with Crippen LogP contribution in [0.3, 0.4) is 0 Å². The van der Waals surface area contributed by atoms with E-state index in [9.17, 15) is 35.1 Å². The first-order valence-electron chi connectivity index (χ1n) is 35.5. The van der Waals surface area contributed by atoms with Gasteiger partial charge >= 0.3 is 5.97 Å². The number of hydrogen-bond acceptors (Lipinski definition) is 10. The van der Waals surface area contributed by atoms with E-state index in [1.807, 2.05) is 6.08 Å². The topological polar surface area (TPSA) is 175 Å². The lowest BCUT2D eigenvalue weighted by Gasteiger charge is -2.41. The Morgan fingerprint density at radius 2 is 0.802 bits per heavy atom. The molecule has 1 amide bonds. The van der Waals surface area contributed by atoms with Crippen molar-refractivity contribution in [3.05, 3.63) is 97.2 Å². The van der Waals surface area contributed by atoms with Gasteiger partial charge in [-0.2, -0.15) is 0 Å². The van der Waals surface area contributed by atoms with Crippen LogP contribution in [0.15, 0.2) is 97.2 Å². The van der Waals surface area contributed by atoms with E-state index in [-0.39, 0.29) is 19.4 Å². The lowest BCUT2D eigenvalue weighted by Crippen LogP contribution is -2.61. The molecule has 1 aliphatic heterocycles. The zero-order valence-corrected chi connectivity index (χ0v) is 55.2. The third-order valence-corrected chi connectivity index (χ3v) is 16.2. The summed E-state index contributed by atoms with van der Waals surface area (Å²) in [6.07, 6.45) is 72.9. The van der Waals surface area contributed by atoms with Gasteiger partial charge < -0.3 is 45.1 Å². The molecule has 86 heavy (non-hydrogen) atoms. The highest BCUT2D eigenvalue weighted by Gasteiger charge is 2.47. The molecule has 0 aliphatic carbocycles. The molecule has 0 aromatic rings. The molecular weight excluding hydrogens is 1070 g/mol. The molecule has 8 atom stereocenters. The van der Waals surface area contributed by atoms with Crippen molar-refractivity contribution in [1.29, 1.82) is 0 Å². The van der Waals surface area contributed by atoms with E-state index in [1.54, 1.807) is 6.08 Å². The average molecular weight is 1210 g/mol. The van der Waals surface area contributed by atoms with Crippen LogP contribution in [0.4, 0.5) is 0 Å². The number of aliphatic hydroxyl groups excluding tert-OH is 5. The predicted molar refractivity (Wildman–Crippen MR) is 361 cm³/mol. The number of nitrogens with one attached hydrogen (secondary N) is 1. The molecule has 11 heteroatoms. The molecule has 1 heterocycles. The maximum Gasteiger partial charge on any atom is 0.306 e. The van der Waals surface area contributed by atoms with Gasteiger partial charge in [0.1, 0.15) is 24.4 Å². The summed E-state index contributed by atoms with van der Waals surface area (Å²) in [4.78, 5) is 26.7. The Balaban J connectivity index is 2.57. The van der Waals surface area contributed by atoms with Gasteiger partial charge in [-0.3, -0.25) is 9.59 Å². The summed E-state index contributed by atoms with van der Waals surface area (Å²) in [6.45, 7) is 5.74. The van der Waals surface area contributed by atoms with Crippen molar-refractivity contribution >= 4 is 11.9 Å². The summed E-state index contributed by atoms with van der Waals surface area (Å²) < 4.78 is 17.7. The van der Waals surface area contributed by atoms with E-state index in [0.29, 0.717) is 12.8 Å². The summed E-state index contributed by atoms with van der Waals surface area (Å²) >= 11 is 0. The number of unbranched alkanes of at least 4 members (excludes halogenated alkanes) is 32. The zero-order chi connectivity index (χ0) is 62.4. The van der Waals surface area contributed by atoms with Crippen LogP contribution in [0.25, 0.3) is 0 Å². The molecule has 1 rings (SSSR count). The van der Waals surface area contributed by atoms with Gasteiger partial charge in [-0.1, -0.05) is 285 Å². The van der Waals surface area contributed by atoms with Crippen LogP contribution >= 0.6 is 0 Å². The van der Waals surface area contributed by atoms with Gasteiger partial charge in [-0.25, -0.2) is 0 Å². The standard InChI is InChI=1S/C75H131NO10/c1-4-7-10-13-16-19-22-25-27-29-31-32-33-34-35-36-37-38-39-41-43-45-48-51-54-57-60-63-70(80)86-73-72(82)71(81)69(64-77)85-75(73)84-65-66(67(78)61-58-55-52-49-46-24-21-18-15-12-9-6-3)76-74(83)68(79)62-59-56-53-50-47-44-42-40-30-28-26-23-20-17-14-11-8-5-2/h16-17,19-20,25-28,31-32,34-35,40,42,58,61,66-69,71-73,75,77-79,81-82H,4-15,18,21-24,29-30,33,36-39,41,43-57,59-60,62-65H2,1-3H3,(H,76,83)/b19-16-,20-17-,27-25-,28-26-,32-31-,35-34-,42-40-,61-58+. The number of ether oxygens (including phenoxy) is 3. The minimum atomic E-state index is -1.62. The highest BCUT2D eigenvalue weighted by molar-refractivity contribution is 5.80. The first kappa shape index (κ1) is 80.6. The molecule has 11 nitrogen and oxygen atoms in total. The maximum absolute atomic E-state index is 13.5. The Hall–Kier alpha value is -3.42. The second kappa shape index (κ2) is 61.8. The van der Waals surface area contributed by atoms with Crippen LogP contribution in [0.1, 0.15) is 303 Å². The number of rotatable bonds is 60. The van der Waals surface area contributed by atoms with Gasteiger partial charge in [0.15, 0.2) is 12.4 Å². The number of aliphatic hydroxyl groups is 5. The van der Waals surface area contributed by atoms with Crippen LogP contribution < -0.4 is 5.32 Å². The maximum atomic E-state index is 13.5. The van der Waals surface area contributed by atoms with Crippen molar-refractivity contribution in [2.24, 2.45) is 0 Å². The summed E-state index contributed by atoms with van der Waals surface area (Å²) in [5.41, 5.74) is 0. The molecule has 0 bridgehead atoms. The Kier molecular flexibility index (Phi) is 57.9. The van der Waals surface area contributed by atoms with Crippen molar-refractivity contribution in [3.8, 4) is 0 Å². The molecular formula is C75H131NO10. The molecule has 0 saturated carbocycles. The van der Waals surface area contributed by atoms with Gasteiger partial charge in [0.05, 0.1) is 25.4 Å². The summed E-state index contributed by atoms with van der Waals surface area (Å²) in [5, 5.41) is 57.2. The molecule has 6 N–H and O–H groups in total. The fourth-order valence-electron chi connectivity index (χ4n) is 10.6. The van der Waals surface area contributed by atoms with E-state index in [2.05, 4.69) is 111 Å². The molecule has 496 valence electrons. The highest BCUT2D eigenvalue weighted by atomic mass is 16.7. The monoisotopic (exact) mass is 1210 g/mol. The molecule has 0 aromatic carbocycles. The van der Waals surface area contributed by atoms with Crippen LogP contribution in [0.5, 0.6) is 0 Å². The minimum Gasteiger partial charge on any atom is -0.454 e. The van der Waals surface area contributed by atoms with E-state index < -0.39 is 67.4 Å². The Labute approximate surface area is 526 Å². The molecule has 0 spiro atoms. The highest BCUT2D eigenvalue weighted by Crippen LogP contribution is 2.26. The largest absolute Gasteiger partial charge is 0.454 e. The number of allylic oxidation sites excluding steroid dienone is 15. The zero-order valence-electron chi connectivity index (χ0n) is 55.2. The number of carbonyl (C=O) groups excluding carboxylic acids is 2. The Bertz CT molecular complexity index is 1770. The molecule has 1 aliphatic rings.